The predicted molar refractivity (Wildman–Crippen MR) is 54.0 cm³/mol. The van der Waals surface area contributed by atoms with E-state index in [1.54, 1.807) is 6.07 Å². The number of esters is 1. The molecule has 1 aromatic heterocycles. The Labute approximate surface area is 92.2 Å². The Balaban J connectivity index is 2.64. The summed E-state index contributed by atoms with van der Waals surface area (Å²) in [5.74, 6) is -1.44. The molecule has 0 radical (unpaired) electrons. The fourth-order valence-corrected chi connectivity index (χ4v) is 1.10. The van der Waals surface area contributed by atoms with Crippen LogP contribution >= 0.6 is 0 Å². The van der Waals surface area contributed by atoms with Gasteiger partial charge >= 0.3 is 11.9 Å². The Kier molecular flexibility index (Phi) is 4.07. The summed E-state index contributed by atoms with van der Waals surface area (Å²) in [5.41, 5.74) is 0.569. The van der Waals surface area contributed by atoms with E-state index in [1.165, 1.54) is 20.3 Å². The van der Waals surface area contributed by atoms with Crippen molar-refractivity contribution in [3.05, 3.63) is 23.7 Å². The average molecular weight is 227 g/mol. The molecule has 0 aliphatic heterocycles. The van der Waals surface area contributed by atoms with E-state index < -0.39 is 18.0 Å². The van der Waals surface area contributed by atoms with Crippen molar-refractivity contribution in [2.45, 2.75) is 19.5 Å². The first-order valence-corrected chi connectivity index (χ1v) is 4.67. The van der Waals surface area contributed by atoms with Crippen molar-refractivity contribution < 1.29 is 23.8 Å². The Hall–Kier alpha value is -1.82. The minimum atomic E-state index is -0.955. The van der Waals surface area contributed by atoms with Crippen molar-refractivity contribution in [1.29, 1.82) is 0 Å². The van der Waals surface area contributed by atoms with Crippen LogP contribution in [-0.2, 0) is 16.1 Å². The van der Waals surface area contributed by atoms with E-state index in [-0.39, 0.29) is 12.3 Å². The molecule has 0 spiro atoms. The molecule has 1 atom stereocenters. The first kappa shape index (κ1) is 12.3. The highest BCUT2D eigenvalue weighted by molar-refractivity contribution is 5.87. The number of furan rings is 1. The van der Waals surface area contributed by atoms with Gasteiger partial charge in [-0.2, -0.15) is 0 Å². The molecule has 1 rings (SSSR count). The number of hydrogen-bond donors (Lipinski definition) is 2. The van der Waals surface area contributed by atoms with Crippen LogP contribution in [0.15, 0.2) is 16.7 Å². The van der Waals surface area contributed by atoms with Crippen LogP contribution in [0.1, 0.15) is 23.0 Å². The minimum Gasteiger partial charge on any atom is -0.480 e. The van der Waals surface area contributed by atoms with Crippen LogP contribution in [0.4, 0.5) is 0 Å². The number of rotatable bonds is 5. The number of ether oxygens (including phenoxy) is 1. The number of carbonyl (C=O) groups is 2. The second-order valence-electron chi connectivity index (χ2n) is 3.21. The molecule has 6 heteroatoms. The summed E-state index contributed by atoms with van der Waals surface area (Å²) in [4.78, 5) is 21.8. The Morgan fingerprint density at radius 1 is 1.62 bits per heavy atom. The van der Waals surface area contributed by atoms with Crippen molar-refractivity contribution in [2.75, 3.05) is 7.11 Å². The van der Waals surface area contributed by atoms with E-state index >= 15 is 0 Å². The largest absolute Gasteiger partial charge is 0.480 e. The van der Waals surface area contributed by atoms with Gasteiger partial charge in [-0.1, -0.05) is 0 Å². The summed E-state index contributed by atoms with van der Waals surface area (Å²) in [6, 6.07) is 0.897. The second kappa shape index (κ2) is 5.32. The smallest absolute Gasteiger partial charge is 0.374 e. The average Bonchev–Trinajstić information content (AvgIpc) is 2.72. The molecule has 1 unspecified atom stereocenters. The predicted octanol–water partition coefficient (Wildman–Crippen LogP) is 0.629. The van der Waals surface area contributed by atoms with Crippen molar-refractivity contribution in [2.24, 2.45) is 0 Å². The number of carboxylic acid groups (broad SMARTS) is 1. The van der Waals surface area contributed by atoms with E-state index in [9.17, 15) is 9.59 Å². The maximum atomic E-state index is 11.2. The van der Waals surface area contributed by atoms with Gasteiger partial charge in [0.25, 0.3) is 0 Å². The number of methoxy groups -OCH3 is 1. The minimum absolute atomic E-state index is 0.0904. The van der Waals surface area contributed by atoms with Crippen molar-refractivity contribution >= 4 is 11.9 Å². The monoisotopic (exact) mass is 227 g/mol. The molecule has 88 valence electrons. The van der Waals surface area contributed by atoms with E-state index in [2.05, 4.69) is 10.1 Å². The summed E-state index contributed by atoms with van der Waals surface area (Å²) < 4.78 is 9.46. The second-order valence-corrected chi connectivity index (χ2v) is 3.21. The number of carboxylic acids is 1. The van der Waals surface area contributed by atoms with Gasteiger partial charge in [0, 0.05) is 12.1 Å². The molecule has 0 aromatic carbocycles. The van der Waals surface area contributed by atoms with Crippen LogP contribution in [0.25, 0.3) is 0 Å². The van der Waals surface area contributed by atoms with Crippen LogP contribution in [0.5, 0.6) is 0 Å². The van der Waals surface area contributed by atoms with Gasteiger partial charge in [-0.05, 0) is 13.0 Å². The summed E-state index contributed by atoms with van der Waals surface area (Å²) in [6.45, 7) is 1.74. The third-order valence-electron chi connectivity index (χ3n) is 2.09. The molecular weight excluding hydrogens is 214 g/mol. The van der Waals surface area contributed by atoms with Gasteiger partial charge in [-0.15, -0.1) is 0 Å². The Morgan fingerprint density at radius 3 is 2.88 bits per heavy atom. The topological polar surface area (TPSA) is 88.8 Å². The maximum absolute atomic E-state index is 11.2. The Bertz CT molecular complexity index is 384. The number of hydrogen-bond acceptors (Lipinski definition) is 5. The van der Waals surface area contributed by atoms with Gasteiger partial charge in [-0.25, -0.2) is 4.79 Å². The van der Waals surface area contributed by atoms with Crippen molar-refractivity contribution in [3.63, 3.8) is 0 Å². The summed E-state index contributed by atoms with van der Waals surface area (Å²) in [7, 11) is 1.25. The molecule has 1 aromatic rings. The summed E-state index contributed by atoms with van der Waals surface area (Å²) in [6.07, 6.45) is 1.36. The first-order chi connectivity index (χ1) is 7.56. The van der Waals surface area contributed by atoms with Crippen LogP contribution in [0.3, 0.4) is 0 Å². The van der Waals surface area contributed by atoms with Crippen LogP contribution in [0.2, 0.25) is 0 Å². The highest BCUT2D eigenvalue weighted by Gasteiger charge is 2.17. The lowest BCUT2D eigenvalue weighted by molar-refractivity contribution is -0.139. The first-order valence-electron chi connectivity index (χ1n) is 4.67. The molecule has 0 saturated heterocycles. The summed E-state index contributed by atoms with van der Waals surface area (Å²) >= 11 is 0. The van der Waals surface area contributed by atoms with E-state index in [4.69, 9.17) is 9.52 Å². The zero-order valence-corrected chi connectivity index (χ0v) is 9.02. The number of carbonyl (C=O) groups excluding carboxylic acids is 1. The quantitative estimate of drug-likeness (QED) is 0.717. The lowest BCUT2D eigenvalue weighted by atomic mass is 10.2. The molecular formula is C10H13NO5. The lowest BCUT2D eigenvalue weighted by Gasteiger charge is -2.08. The van der Waals surface area contributed by atoms with Gasteiger partial charge < -0.3 is 19.6 Å². The number of nitrogens with one attached hydrogen (secondary N) is 1. The van der Waals surface area contributed by atoms with Crippen LogP contribution in [0, 0.1) is 0 Å². The standard InChI is InChI=1S/C10H13NO5/c1-6(9(12)13)11-5-7-3-4-16-8(7)10(14)15-2/h3-4,6,11H,5H2,1-2H3,(H,12,13). The fourth-order valence-electron chi connectivity index (χ4n) is 1.10. The molecule has 16 heavy (non-hydrogen) atoms. The van der Waals surface area contributed by atoms with Crippen LogP contribution < -0.4 is 5.32 Å². The normalized spacial score (nSPS) is 12.1. The van der Waals surface area contributed by atoms with E-state index in [1.807, 2.05) is 0 Å². The molecule has 0 aliphatic carbocycles. The molecule has 0 amide bonds. The fraction of sp³-hybridized carbons (Fsp3) is 0.400. The van der Waals surface area contributed by atoms with Crippen LogP contribution in [-0.4, -0.2) is 30.2 Å². The van der Waals surface area contributed by atoms with Crippen molar-refractivity contribution in [1.82, 2.24) is 5.32 Å². The molecule has 0 saturated carbocycles. The molecule has 0 fully saturated rings. The summed E-state index contributed by atoms with van der Waals surface area (Å²) in [5, 5.41) is 11.4. The van der Waals surface area contributed by atoms with Crippen molar-refractivity contribution in [3.8, 4) is 0 Å². The van der Waals surface area contributed by atoms with Gasteiger partial charge in [0.1, 0.15) is 6.04 Å². The highest BCUT2D eigenvalue weighted by Crippen LogP contribution is 2.11. The molecule has 1 heterocycles. The highest BCUT2D eigenvalue weighted by atomic mass is 16.5. The van der Waals surface area contributed by atoms with E-state index in [0.717, 1.165) is 0 Å². The number of aliphatic carboxylic acids is 1. The van der Waals surface area contributed by atoms with Gasteiger partial charge in [-0.3, -0.25) is 4.79 Å². The molecule has 6 nitrogen and oxygen atoms in total. The Morgan fingerprint density at radius 2 is 2.31 bits per heavy atom. The van der Waals surface area contributed by atoms with Gasteiger partial charge in [0.2, 0.25) is 5.76 Å². The van der Waals surface area contributed by atoms with Gasteiger partial charge in [0.15, 0.2) is 0 Å². The zero-order valence-electron chi connectivity index (χ0n) is 9.02. The third-order valence-corrected chi connectivity index (χ3v) is 2.09. The lowest BCUT2D eigenvalue weighted by Crippen LogP contribution is -2.33. The molecule has 2 N–H and O–H groups in total. The SMILES string of the molecule is COC(=O)c1occc1CNC(C)C(=O)O. The van der Waals surface area contributed by atoms with Gasteiger partial charge in [0.05, 0.1) is 13.4 Å². The zero-order chi connectivity index (χ0) is 12.1. The maximum Gasteiger partial charge on any atom is 0.374 e. The van der Waals surface area contributed by atoms with E-state index in [0.29, 0.717) is 5.56 Å². The third kappa shape index (κ3) is 2.83. The molecule has 0 aliphatic rings. The molecule has 0 bridgehead atoms.